The van der Waals surface area contributed by atoms with Crippen LogP contribution in [0, 0.1) is 3.57 Å². The van der Waals surface area contributed by atoms with E-state index in [1.807, 2.05) is 24.3 Å². The number of hydrogen-bond donors (Lipinski definition) is 2. The second-order valence-corrected chi connectivity index (χ2v) is 4.59. The Bertz CT molecular complexity index is 425. The van der Waals surface area contributed by atoms with E-state index in [0.717, 1.165) is 5.69 Å². The molecule has 0 saturated heterocycles. The number of hydrogen-bond acceptors (Lipinski definition) is 5. The first-order chi connectivity index (χ1) is 6.74. The number of halogens is 1. The van der Waals surface area contributed by atoms with Crippen molar-refractivity contribution in [3.8, 4) is 0 Å². The van der Waals surface area contributed by atoms with Crippen molar-refractivity contribution in [3.05, 3.63) is 27.8 Å². The van der Waals surface area contributed by atoms with Crippen LogP contribution in [0.5, 0.6) is 0 Å². The fourth-order valence-corrected chi connectivity index (χ4v) is 1.82. The van der Waals surface area contributed by atoms with Gasteiger partial charge in [-0.25, -0.2) is 0 Å². The van der Waals surface area contributed by atoms with E-state index in [4.69, 9.17) is 5.73 Å². The molecular weight excluding hydrogens is 311 g/mol. The van der Waals surface area contributed by atoms with Gasteiger partial charge in [0.15, 0.2) is 0 Å². The topological polar surface area (TPSA) is 63.8 Å². The zero-order chi connectivity index (χ0) is 9.97. The van der Waals surface area contributed by atoms with Crippen LogP contribution in [0.2, 0.25) is 0 Å². The number of rotatable bonds is 2. The van der Waals surface area contributed by atoms with Crippen LogP contribution in [0.15, 0.2) is 24.3 Å². The summed E-state index contributed by atoms with van der Waals surface area (Å²) in [5, 5.41) is 3.83. The highest BCUT2D eigenvalue weighted by Gasteiger charge is 2.00. The first-order valence-electron chi connectivity index (χ1n) is 3.86. The monoisotopic (exact) mass is 318 g/mol. The molecule has 0 aliphatic rings. The molecule has 1 aromatic heterocycles. The second-order valence-electron chi connectivity index (χ2n) is 2.59. The van der Waals surface area contributed by atoms with Crippen LogP contribution < -0.4 is 11.1 Å². The van der Waals surface area contributed by atoms with E-state index < -0.39 is 0 Å². The summed E-state index contributed by atoms with van der Waals surface area (Å²) in [6, 6.07) is 8.01. The summed E-state index contributed by atoms with van der Waals surface area (Å²) in [4.78, 5) is 4.00. The first-order valence-corrected chi connectivity index (χ1v) is 5.71. The van der Waals surface area contributed by atoms with Crippen LogP contribution >= 0.6 is 34.1 Å². The van der Waals surface area contributed by atoms with Gasteiger partial charge >= 0.3 is 0 Å². The minimum Gasteiger partial charge on any atom is -0.367 e. The van der Waals surface area contributed by atoms with Crippen LogP contribution in [0.3, 0.4) is 0 Å². The van der Waals surface area contributed by atoms with E-state index in [1.165, 1.54) is 15.1 Å². The van der Waals surface area contributed by atoms with Gasteiger partial charge in [0.1, 0.15) is 0 Å². The van der Waals surface area contributed by atoms with Crippen molar-refractivity contribution in [1.82, 2.24) is 9.36 Å². The van der Waals surface area contributed by atoms with E-state index in [9.17, 15) is 0 Å². The van der Waals surface area contributed by atoms with Crippen LogP contribution in [0.4, 0.5) is 16.8 Å². The van der Waals surface area contributed by atoms with Gasteiger partial charge in [-0.2, -0.15) is 9.36 Å². The molecule has 4 nitrogen and oxygen atoms in total. The third-order valence-electron chi connectivity index (χ3n) is 1.54. The standard InChI is InChI=1S/C8H7IN4S/c9-5-1-3-6(4-2-5)11-8-12-7(10)13-14-8/h1-4H,(H3,10,11,12,13). The second kappa shape index (κ2) is 4.09. The molecule has 1 heterocycles. The summed E-state index contributed by atoms with van der Waals surface area (Å²) in [7, 11) is 0. The molecule has 6 heteroatoms. The quantitative estimate of drug-likeness (QED) is 0.835. The largest absolute Gasteiger partial charge is 0.367 e. The number of nitrogens with zero attached hydrogens (tertiary/aromatic N) is 2. The molecule has 0 fully saturated rings. The van der Waals surface area contributed by atoms with E-state index in [1.54, 1.807) is 0 Å². The van der Waals surface area contributed by atoms with Gasteiger partial charge in [0.25, 0.3) is 0 Å². The summed E-state index contributed by atoms with van der Waals surface area (Å²) >= 11 is 3.51. The van der Waals surface area contributed by atoms with Crippen molar-refractivity contribution in [1.29, 1.82) is 0 Å². The van der Waals surface area contributed by atoms with Gasteiger partial charge < -0.3 is 11.1 Å². The number of aromatic nitrogens is 2. The molecule has 1 aromatic carbocycles. The molecule has 0 spiro atoms. The van der Waals surface area contributed by atoms with Crippen molar-refractivity contribution in [2.45, 2.75) is 0 Å². The van der Waals surface area contributed by atoms with Crippen LogP contribution in [0.1, 0.15) is 0 Å². The van der Waals surface area contributed by atoms with Crippen LogP contribution in [0.25, 0.3) is 0 Å². The average Bonchev–Trinajstić information content (AvgIpc) is 2.56. The minimum atomic E-state index is 0.308. The molecule has 0 unspecified atom stereocenters. The summed E-state index contributed by atoms with van der Waals surface area (Å²) in [5.41, 5.74) is 6.39. The first kappa shape index (κ1) is 9.66. The van der Waals surface area contributed by atoms with Crippen molar-refractivity contribution in [2.75, 3.05) is 11.1 Å². The molecule has 2 aromatic rings. The summed E-state index contributed by atoms with van der Waals surface area (Å²) in [6.45, 7) is 0. The third kappa shape index (κ3) is 2.32. The fraction of sp³-hybridized carbons (Fsp3) is 0. The molecule has 72 valence electrons. The summed E-state index contributed by atoms with van der Waals surface area (Å²) < 4.78 is 5.07. The maximum atomic E-state index is 5.40. The number of nitrogens with two attached hydrogens (primary N) is 1. The summed E-state index contributed by atoms with van der Waals surface area (Å²) in [5.74, 6) is 0.308. The van der Waals surface area contributed by atoms with Crippen molar-refractivity contribution < 1.29 is 0 Å². The lowest BCUT2D eigenvalue weighted by Crippen LogP contribution is -1.90. The van der Waals surface area contributed by atoms with Gasteiger partial charge in [0, 0.05) is 20.8 Å². The molecule has 0 bridgehead atoms. The smallest absolute Gasteiger partial charge is 0.233 e. The molecule has 0 aliphatic carbocycles. The number of nitrogens with one attached hydrogen (secondary N) is 1. The summed E-state index contributed by atoms with van der Waals surface area (Å²) in [6.07, 6.45) is 0. The van der Waals surface area contributed by atoms with Gasteiger partial charge in [-0.05, 0) is 46.9 Å². The maximum Gasteiger partial charge on any atom is 0.233 e. The molecule has 0 aliphatic heterocycles. The number of anilines is 3. The van der Waals surface area contributed by atoms with Crippen LogP contribution in [-0.4, -0.2) is 9.36 Å². The SMILES string of the molecule is Nc1nsc(Nc2ccc(I)cc2)n1. The lowest BCUT2D eigenvalue weighted by Gasteiger charge is -2.00. The Hall–Kier alpha value is -0.890. The normalized spacial score (nSPS) is 10.1. The average molecular weight is 318 g/mol. The van der Waals surface area contributed by atoms with Gasteiger partial charge in [-0.15, -0.1) is 0 Å². The van der Waals surface area contributed by atoms with Gasteiger partial charge in [0.05, 0.1) is 0 Å². The number of benzene rings is 1. The van der Waals surface area contributed by atoms with Gasteiger partial charge in [-0.3, -0.25) is 0 Å². The molecule has 2 rings (SSSR count). The van der Waals surface area contributed by atoms with Gasteiger partial charge in [0.2, 0.25) is 11.1 Å². The van der Waals surface area contributed by atoms with Crippen LogP contribution in [-0.2, 0) is 0 Å². The molecule has 0 atom stereocenters. The van der Waals surface area contributed by atoms with E-state index in [0.29, 0.717) is 11.1 Å². The highest BCUT2D eigenvalue weighted by molar-refractivity contribution is 14.1. The minimum absolute atomic E-state index is 0.308. The molecule has 0 amide bonds. The van der Waals surface area contributed by atoms with E-state index in [-0.39, 0.29) is 0 Å². The zero-order valence-electron chi connectivity index (χ0n) is 7.07. The molecule has 14 heavy (non-hydrogen) atoms. The maximum absolute atomic E-state index is 5.40. The Labute approximate surface area is 98.9 Å². The zero-order valence-corrected chi connectivity index (χ0v) is 10.0. The third-order valence-corrected chi connectivity index (χ3v) is 2.90. The van der Waals surface area contributed by atoms with E-state index in [2.05, 4.69) is 37.3 Å². The van der Waals surface area contributed by atoms with E-state index >= 15 is 0 Å². The Morgan fingerprint density at radius 3 is 2.57 bits per heavy atom. The number of nitrogen functional groups attached to an aromatic ring is 1. The van der Waals surface area contributed by atoms with Crippen molar-refractivity contribution >= 4 is 50.9 Å². The Morgan fingerprint density at radius 2 is 2.00 bits per heavy atom. The lowest BCUT2D eigenvalue weighted by molar-refractivity contribution is 1.33. The predicted octanol–water partition coefficient (Wildman–Crippen LogP) is 2.47. The predicted molar refractivity (Wildman–Crippen MR) is 66.8 cm³/mol. The fourth-order valence-electron chi connectivity index (χ4n) is 0.942. The highest BCUT2D eigenvalue weighted by Crippen LogP contribution is 2.19. The van der Waals surface area contributed by atoms with Gasteiger partial charge in [-0.1, -0.05) is 0 Å². The lowest BCUT2D eigenvalue weighted by atomic mass is 10.3. The molecule has 0 radical (unpaired) electrons. The Morgan fingerprint density at radius 1 is 1.29 bits per heavy atom. The Balaban J connectivity index is 2.15. The highest BCUT2D eigenvalue weighted by atomic mass is 127. The van der Waals surface area contributed by atoms with Crippen molar-refractivity contribution in [3.63, 3.8) is 0 Å². The molecule has 3 N–H and O–H groups in total. The molecule has 0 saturated carbocycles. The molecular formula is C8H7IN4S. The Kier molecular flexibility index (Phi) is 2.82. The van der Waals surface area contributed by atoms with Crippen molar-refractivity contribution in [2.24, 2.45) is 0 Å².